The van der Waals surface area contributed by atoms with Gasteiger partial charge in [0.05, 0.1) is 29.5 Å². The van der Waals surface area contributed by atoms with Crippen molar-refractivity contribution in [1.29, 1.82) is 0 Å². The normalized spacial score (nSPS) is 17.8. The lowest BCUT2D eigenvalue weighted by Crippen LogP contribution is -2.45. The van der Waals surface area contributed by atoms with Gasteiger partial charge in [0.1, 0.15) is 17.1 Å². The standard InChI is InChI=1S/C23H31N5O4/c1-13(2)10-20(29)24-11-16-6-5-7-19-25-18-8-9-27(12-17(18)22(30)28(16)19)23(31)21-14(3)26-32-15(21)4/h13,16H,5-12H2,1-4H3,(H,24,29)/t16-/m0/s1. The van der Waals surface area contributed by atoms with Gasteiger partial charge in [0.2, 0.25) is 5.91 Å². The lowest BCUT2D eigenvalue weighted by atomic mass is 10.00. The molecule has 9 heteroatoms. The number of nitrogens with zero attached hydrogens (tertiary/aromatic N) is 4. The van der Waals surface area contributed by atoms with Gasteiger partial charge in [-0.2, -0.15) is 0 Å². The molecule has 2 aromatic rings. The van der Waals surface area contributed by atoms with Crippen LogP contribution in [-0.2, 0) is 24.2 Å². The van der Waals surface area contributed by atoms with Gasteiger partial charge in [-0.05, 0) is 32.6 Å². The zero-order valence-electron chi connectivity index (χ0n) is 19.2. The molecule has 0 bridgehead atoms. The van der Waals surface area contributed by atoms with Crippen LogP contribution in [0.2, 0.25) is 0 Å². The summed E-state index contributed by atoms with van der Waals surface area (Å²) >= 11 is 0. The molecule has 1 N–H and O–H groups in total. The minimum atomic E-state index is -0.175. The first-order valence-electron chi connectivity index (χ1n) is 11.4. The number of rotatable bonds is 5. The Morgan fingerprint density at radius 3 is 2.72 bits per heavy atom. The molecule has 4 heterocycles. The van der Waals surface area contributed by atoms with Crippen molar-refractivity contribution in [3.05, 3.63) is 44.5 Å². The van der Waals surface area contributed by atoms with E-state index in [4.69, 9.17) is 9.51 Å². The van der Waals surface area contributed by atoms with Crippen LogP contribution in [0.5, 0.6) is 0 Å². The number of aromatic nitrogens is 3. The molecule has 172 valence electrons. The molecule has 0 spiro atoms. The smallest absolute Gasteiger partial charge is 0.259 e. The quantitative estimate of drug-likeness (QED) is 0.761. The average Bonchev–Trinajstić information content (AvgIpc) is 3.09. The van der Waals surface area contributed by atoms with Crippen molar-refractivity contribution in [3.63, 3.8) is 0 Å². The fourth-order valence-electron chi connectivity index (χ4n) is 4.71. The van der Waals surface area contributed by atoms with Gasteiger partial charge in [0.25, 0.3) is 11.5 Å². The average molecular weight is 442 g/mol. The fraction of sp³-hybridized carbons (Fsp3) is 0.609. The monoisotopic (exact) mass is 441 g/mol. The van der Waals surface area contributed by atoms with Crippen LogP contribution in [0.1, 0.15) is 78.0 Å². The minimum Gasteiger partial charge on any atom is -0.361 e. The van der Waals surface area contributed by atoms with Crippen molar-refractivity contribution in [2.75, 3.05) is 13.1 Å². The van der Waals surface area contributed by atoms with Crippen LogP contribution in [0.25, 0.3) is 0 Å². The molecule has 0 unspecified atom stereocenters. The summed E-state index contributed by atoms with van der Waals surface area (Å²) in [7, 11) is 0. The largest absolute Gasteiger partial charge is 0.361 e. The summed E-state index contributed by atoms with van der Waals surface area (Å²) in [5, 5.41) is 6.86. The van der Waals surface area contributed by atoms with Crippen molar-refractivity contribution < 1.29 is 14.1 Å². The fourth-order valence-corrected chi connectivity index (χ4v) is 4.71. The van der Waals surface area contributed by atoms with E-state index in [1.807, 2.05) is 13.8 Å². The molecule has 0 saturated carbocycles. The molecule has 32 heavy (non-hydrogen) atoms. The molecule has 1 atom stereocenters. The van der Waals surface area contributed by atoms with Gasteiger partial charge in [-0.3, -0.25) is 19.0 Å². The second-order valence-electron chi connectivity index (χ2n) is 9.25. The Balaban J connectivity index is 1.59. The van der Waals surface area contributed by atoms with Crippen molar-refractivity contribution in [3.8, 4) is 0 Å². The molecule has 0 radical (unpaired) electrons. The summed E-state index contributed by atoms with van der Waals surface area (Å²) in [6, 6.07) is -0.117. The molecular weight excluding hydrogens is 410 g/mol. The van der Waals surface area contributed by atoms with Crippen molar-refractivity contribution >= 4 is 11.8 Å². The van der Waals surface area contributed by atoms with Crippen molar-refractivity contribution in [2.24, 2.45) is 5.92 Å². The third kappa shape index (κ3) is 4.20. The summed E-state index contributed by atoms with van der Waals surface area (Å²) in [5.41, 5.74) is 2.28. The first-order chi connectivity index (χ1) is 15.3. The molecule has 2 aliphatic rings. The van der Waals surface area contributed by atoms with E-state index in [2.05, 4.69) is 10.5 Å². The van der Waals surface area contributed by atoms with Crippen LogP contribution in [-0.4, -0.2) is 44.5 Å². The Morgan fingerprint density at radius 2 is 2.03 bits per heavy atom. The third-order valence-corrected chi connectivity index (χ3v) is 6.30. The van der Waals surface area contributed by atoms with Crippen LogP contribution in [0.15, 0.2) is 9.32 Å². The molecule has 0 aromatic carbocycles. The van der Waals surface area contributed by atoms with Crippen molar-refractivity contribution in [1.82, 2.24) is 24.9 Å². The maximum atomic E-state index is 13.5. The molecule has 2 aliphatic heterocycles. The summed E-state index contributed by atoms with van der Waals surface area (Å²) in [5.74, 6) is 1.38. The Labute approximate surface area is 187 Å². The van der Waals surface area contributed by atoms with E-state index in [-0.39, 0.29) is 35.9 Å². The molecule has 0 saturated heterocycles. The van der Waals surface area contributed by atoms with Gasteiger partial charge in [-0.15, -0.1) is 0 Å². The number of hydrogen-bond donors (Lipinski definition) is 1. The molecule has 9 nitrogen and oxygen atoms in total. The number of carbonyl (C=O) groups is 2. The number of hydrogen-bond acceptors (Lipinski definition) is 6. The Morgan fingerprint density at radius 1 is 1.25 bits per heavy atom. The van der Waals surface area contributed by atoms with Gasteiger partial charge >= 0.3 is 0 Å². The van der Waals surface area contributed by atoms with E-state index >= 15 is 0 Å². The zero-order chi connectivity index (χ0) is 23.0. The van der Waals surface area contributed by atoms with Gasteiger partial charge < -0.3 is 14.7 Å². The first kappa shape index (κ1) is 22.2. The number of nitrogens with one attached hydrogen (secondary N) is 1. The molecular formula is C23H31N5O4. The van der Waals surface area contributed by atoms with E-state index in [0.29, 0.717) is 48.5 Å². The summed E-state index contributed by atoms with van der Waals surface area (Å²) in [6.45, 7) is 8.61. The molecule has 2 amide bonds. The first-order valence-corrected chi connectivity index (χ1v) is 11.4. The van der Waals surface area contributed by atoms with E-state index < -0.39 is 0 Å². The van der Waals surface area contributed by atoms with Crippen LogP contribution < -0.4 is 10.9 Å². The molecule has 4 rings (SSSR count). The van der Waals surface area contributed by atoms with Crippen molar-refractivity contribution in [2.45, 2.75) is 72.4 Å². The van der Waals surface area contributed by atoms with Gasteiger partial charge in [-0.1, -0.05) is 19.0 Å². The molecule has 0 fully saturated rings. The second-order valence-corrected chi connectivity index (χ2v) is 9.25. The highest BCUT2D eigenvalue weighted by atomic mass is 16.5. The lowest BCUT2D eigenvalue weighted by molar-refractivity contribution is -0.121. The van der Waals surface area contributed by atoms with E-state index in [1.165, 1.54) is 0 Å². The number of aryl methyl sites for hydroxylation is 3. The van der Waals surface area contributed by atoms with Crippen LogP contribution in [0.4, 0.5) is 0 Å². The molecule has 0 aliphatic carbocycles. The van der Waals surface area contributed by atoms with Crippen LogP contribution in [0.3, 0.4) is 0 Å². The summed E-state index contributed by atoms with van der Waals surface area (Å²) in [6.07, 6.45) is 3.52. The highest BCUT2D eigenvalue weighted by molar-refractivity contribution is 5.96. The zero-order valence-corrected chi connectivity index (χ0v) is 19.2. The SMILES string of the molecule is Cc1noc(C)c1C(=O)N1CCc2nc3n(c(=O)c2C1)[C@H](CNC(=O)CC(C)C)CCC3. The topological polar surface area (TPSA) is 110 Å². The Hall–Kier alpha value is -2.97. The van der Waals surface area contributed by atoms with E-state index in [9.17, 15) is 14.4 Å². The second kappa shape index (κ2) is 8.88. The van der Waals surface area contributed by atoms with E-state index in [1.54, 1.807) is 23.3 Å². The number of fused-ring (bicyclic) bond motifs is 2. The highest BCUT2D eigenvalue weighted by Gasteiger charge is 2.32. The molecule has 2 aromatic heterocycles. The maximum Gasteiger partial charge on any atom is 0.259 e. The lowest BCUT2D eigenvalue weighted by Gasteiger charge is -2.32. The number of carbonyl (C=O) groups excluding carboxylic acids is 2. The van der Waals surface area contributed by atoms with E-state index in [0.717, 1.165) is 30.8 Å². The Bertz CT molecular complexity index is 1080. The third-order valence-electron chi connectivity index (χ3n) is 6.30. The number of amides is 2. The van der Waals surface area contributed by atoms with Crippen LogP contribution >= 0.6 is 0 Å². The summed E-state index contributed by atoms with van der Waals surface area (Å²) < 4.78 is 6.90. The predicted octanol–water partition coefficient (Wildman–Crippen LogP) is 2.09. The predicted molar refractivity (Wildman–Crippen MR) is 117 cm³/mol. The van der Waals surface area contributed by atoms with Crippen LogP contribution in [0, 0.1) is 19.8 Å². The maximum absolute atomic E-state index is 13.5. The summed E-state index contributed by atoms with van der Waals surface area (Å²) in [4.78, 5) is 45.2. The van der Waals surface area contributed by atoms with Gasteiger partial charge in [0, 0.05) is 32.4 Å². The minimum absolute atomic E-state index is 0.00215. The van der Waals surface area contributed by atoms with Gasteiger partial charge in [0.15, 0.2) is 0 Å². The van der Waals surface area contributed by atoms with Gasteiger partial charge in [-0.25, -0.2) is 4.98 Å². The highest BCUT2D eigenvalue weighted by Crippen LogP contribution is 2.25. The Kier molecular flexibility index (Phi) is 6.17.